The Bertz CT molecular complexity index is 650. The van der Waals surface area contributed by atoms with E-state index in [9.17, 15) is 4.79 Å². The third kappa shape index (κ3) is 4.06. The van der Waals surface area contributed by atoms with E-state index in [2.05, 4.69) is 15.3 Å². The van der Waals surface area contributed by atoms with Crippen LogP contribution >= 0.6 is 23.2 Å². The molecule has 0 bridgehead atoms. The Balaban J connectivity index is 2.09. The zero-order chi connectivity index (χ0) is 15.2. The Labute approximate surface area is 132 Å². The van der Waals surface area contributed by atoms with Crippen molar-refractivity contribution in [2.45, 2.75) is 13.5 Å². The van der Waals surface area contributed by atoms with Crippen molar-refractivity contribution in [1.82, 2.24) is 15.3 Å². The molecular weight excluding hydrogens is 313 g/mol. The van der Waals surface area contributed by atoms with E-state index in [4.69, 9.17) is 27.9 Å². The second kappa shape index (κ2) is 7.24. The first-order valence-corrected chi connectivity index (χ1v) is 7.04. The van der Waals surface area contributed by atoms with Crippen LogP contribution in [0.15, 0.2) is 30.5 Å². The Morgan fingerprint density at radius 2 is 2.14 bits per heavy atom. The van der Waals surface area contributed by atoms with Crippen molar-refractivity contribution in [3.8, 4) is 5.88 Å². The molecule has 2 aromatic heterocycles. The lowest BCUT2D eigenvalue weighted by molar-refractivity contribution is 0.0946. The normalized spacial score (nSPS) is 10.2. The van der Waals surface area contributed by atoms with E-state index in [0.29, 0.717) is 12.5 Å². The second-order valence-electron chi connectivity index (χ2n) is 4.05. The van der Waals surface area contributed by atoms with Gasteiger partial charge in [-0.25, -0.2) is 9.97 Å². The highest BCUT2D eigenvalue weighted by Gasteiger charge is 2.13. The quantitative estimate of drug-likeness (QED) is 0.858. The van der Waals surface area contributed by atoms with Crippen LogP contribution in [0, 0.1) is 0 Å². The number of halogens is 2. The topological polar surface area (TPSA) is 64.1 Å². The molecule has 0 aliphatic heterocycles. The number of hydrogen-bond donors (Lipinski definition) is 1. The molecule has 0 spiro atoms. The van der Waals surface area contributed by atoms with Crippen molar-refractivity contribution in [2.24, 2.45) is 0 Å². The highest BCUT2D eigenvalue weighted by Crippen LogP contribution is 2.18. The molecule has 0 aromatic carbocycles. The van der Waals surface area contributed by atoms with Crippen LogP contribution < -0.4 is 10.1 Å². The lowest BCUT2D eigenvalue weighted by Gasteiger charge is -2.10. The SMILES string of the molecule is CCOc1ncccc1CNC(=O)c1nc(Cl)ccc1Cl. The van der Waals surface area contributed by atoms with E-state index >= 15 is 0 Å². The lowest BCUT2D eigenvalue weighted by atomic mass is 10.2. The minimum Gasteiger partial charge on any atom is -0.478 e. The van der Waals surface area contributed by atoms with Crippen LogP contribution in [0.1, 0.15) is 23.0 Å². The molecule has 0 saturated heterocycles. The van der Waals surface area contributed by atoms with Crippen molar-refractivity contribution in [1.29, 1.82) is 0 Å². The summed E-state index contributed by atoms with van der Waals surface area (Å²) in [6.45, 7) is 2.62. The van der Waals surface area contributed by atoms with E-state index in [1.165, 1.54) is 12.1 Å². The van der Waals surface area contributed by atoms with Gasteiger partial charge in [0, 0.05) is 18.3 Å². The first-order chi connectivity index (χ1) is 10.1. The molecule has 0 aliphatic carbocycles. The minimum absolute atomic E-state index is 0.0889. The van der Waals surface area contributed by atoms with Crippen molar-refractivity contribution in [3.63, 3.8) is 0 Å². The van der Waals surface area contributed by atoms with Crippen LogP contribution in [-0.4, -0.2) is 22.5 Å². The molecule has 0 radical (unpaired) electrons. The minimum atomic E-state index is -0.409. The number of rotatable bonds is 5. The summed E-state index contributed by atoms with van der Waals surface area (Å²) in [6.07, 6.45) is 1.63. The third-order valence-corrected chi connectivity index (χ3v) is 3.11. The average Bonchev–Trinajstić information content (AvgIpc) is 2.49. The first-order valence-electron chi connectivity index (χ1n) is 6.28. The van der Waals surface area contributed by atoms with E-state index in [0.717, 1.165) is 5.56 Å². The van der Waals surface area contributed by atoms with Gasteiger partial charge in [0.25, 0.3) is 5.91 Å². The highest BCUT2D eigenvalue weighted by molar-refractivity contribution is 6.34. The Kier molecular flexibility index (Phi) is 5.36. The molecule has 0 aliphatic rings. The third-order valence-electron chi connectivity index (χ3n) is 2.60. The predicted octanol–water partition coefficient (Wildman–Crippen LogP) is 3.11. The van der Waals surface area contributed by atoms with Crippen LogP contribution in [0.25, 0.3) is 0 Å². The fraction of sp³-hybridized carbons (Fsp3) is 0.214. The van der Waals surface area contributed by atoms with Gasteiger partial charge in [0.1, 0.15) is 10.8 Å². The van der Waals surface area contributed by atoms with Gasteiger partial charge in [-0.15, -0.1) is 0 Å². The fourth-order valence-corrected chi connectivity index (χ4v) is 2.00. The molecule has 5 nitrogen and oxygen atoms in total. The zero-order valence-corrected chi connectivity index (χ0v) is 12.8. The highest BCUT2D eigenvalue weighted by atomic mass is 35.5. The van der Waals surface area contributed by atoms with Gasteiger partial charge in [-0.1, -0.05) is 29.3 Å². The maximum atomic E-state index is 12.1. The fourth-order valence-electron chi connectivity index (χ4n) is 1.66. The number of pyridine rings is 2. The summed E-state index contributed by atoms with van der Waals surface area (Å²) in [5.74, 6) is 0.0826. The molecule has 0 saturated carbocycles. The van der Waals surface area contributed by atoms with E-state index in [1.54, 1.807) is 12.3 Å². The van der Waals surface area contributed by atoms with Gasteiger partial charge >= 0.3 is 0 Å². The summed E-state index contributed by atoms with van der Waals surface area (Å²) < 4.78 is 5.39. The van der Waals surface area contributed by atoms with Gasteiger partial charge < -0.3 is 10.1 Å². The first kappa shape index (κ1) is 15.5. The van der Waals surface area contributed by atoms with E-state index in [1.807, 2.05) is 13.0 Å². The standard InChI is InChI=1S/C14H13Cl2N3O2/c1-2-21-14-9(4-3-7-17-14)8-18-13(20)12-10(15)5-6-11(16)19-12/h3-7H,2,8H2,1H3,(H,18,20). The van der Waals surface area contributed by atoms with E-state index < -0.39 is 5.91 Å². The molecule has 1 amide bonds. The Morgan fingerprint density at radius 1 is 1.33 bits per heavy atom. The lowest BCUT2D eigenvalue weighted by Crippen LogP contribution is -2.24. The van der Waals surface area contributed by atoms with Crippen molar-refractivity contribution in [2.75, 3.05) is 6.61 Å². The summed E-state index contributed by atoms with van der Waals surface area (Å²) in [6, 6.07) is 6.65. The number of nitrogens with zero attached hydrogens (tertiary/aromatic N) is 2. The monoisotopic (exact) mass is 325 g/mol. The second-order valence-corrected chi connectivity index (χ2v) is 4.84. The van der Waals surface area contributed by atoms with E-state index in [-0.39, 0.29) is 22.4 Å². The van der Waals surface area contributed by atoms with Crippen molar-refractivity contribution in [3.05, 3.63) is 51.9 Å². The number of carbonyl (C=O) groups is 1. The molecule has 2 heterocycles. The molecule has 1 N–H and O–H groups in total. The summed E-state index contributed by atoms with van der Waals surface area (Å²) in [4.78, 5) is 20.1. The molecule has 2 rings (SSSR count). The molecular formula is C14H13Cl2N3O2. The van der Waals surface area contributed by atoms with Gasteiger partial charge in [0.15, 0.2) is 0 Å². The van der Waals surface area contributed by atoms with Gasteiger partial charge in [-0.05, 0) is 25.1 Å². The van der Waals surface area contributed by atoms with Crippen LogP contribution in [0.2, 0.25) is 10.2 Å². The summed E-state index contributed by atoms with van der Waals surface area (Å²) in [5.41, 5.74) is 0.858. The van der Waals surface area contributed by atoms with Gasteiger partial charge in [-0.2, -0.15) is 0 Å². The average molecular weight is 326 g/mol. The van der Waals surface area contributed by atoms with Crippen LogP contribution in [0.5, 0.6) is 5.88 Å². The van der Waals surface area contributed by atoms with Crippen LogP contribution in [-0.2, 0) is 6.54 Å². The smallest absolute Gasteiger partial charge is 0.271 e. The maximum Gasteiger partial charge on any atom is 0.271 e. The maximum absolute atomic E-state index is 12.1. The number of ether oxygens (including phenoxy) is 1. The summed E-state index contributed by atoms with van der Waals surface area (Å²) >= 11 is 11.7. The van der Waals surface area contributed by atoms with Gasteiger partial charge in [-0.3, -0.25) is 4.79 Å². The zero-order valence-electron chi connectivity index (χ0n) is 11.3. The molecule has 0 unspecified atom stereocenters. The molecule has 21 heavy (non-hydrogen) atoms. The number of hydrogen-bond acceptors (Lipinski definition) is 4. The summed E-state index contributed by atoms with van der Waals surface area (Å²) in [7, 11) is 0. The number of carbonyl (C=O) groups excluding carboxylic acids is 1. The molecule has 110 valence electrons. The molecule has 0 atom stereocenters. The van der Waals surface area contributed by atoms with Crippen LogP contribution in [0.3, 0.4) is 0 Å². The number of aromatic nitrogens is 2. The molecule has 0 fully saturated rings. The van der Waals surface area contributed by atoms with Crippen LogP contribution in [0.4, 0.5) is 0 Å². The van der Waals surface area contributed by atoms with Crippen molar-refractivity contribution >= 4 is 29.1 Å². The molecule has 7 heteroatoms. The van der Waals surface area contributed by atoms with Gasteiger partial charge in [0.05, 0.1) is 11.6 Å². The van der Waals surface area contributed by atoms with Crippen molar-refractivity contribution < 1.29 is 9.53 Å². The predicted molar refractivity (Wildman–Crippen MR) is 80.8 cm³/mol. The number of amides is 1. The van der Waals surface area contributed by atoms with Gasteiger partial charge in [0.2, 0.25) is 5.88 Å². The summed E-state index contributed by atoms with van der Waals surface area (Å²) in [5, 5.41) is 3.17. The number of nitrogens with one attached hydrogen (secondary N) is 1. The largest absolute Gasteiger partial charge is 0.478 e. The molecule has 2 aromatic rings. The Morgan fingerprint density at radius 3 is 2.90 bits per heavy atom. The Hall–Kier alpha value is -1.85.